The molecular weight excluding hydrogens is 356 g/mol. The van der Waals surface area contributed by atoms with E-state index >= 15 is 0 Å². The lowest BCUT2D eigenvalue weighted by Crippen LogP contribution is -2.32. The van der Waals surface area contributed by atoms with Gasteiger partial charge in [-0.1, -0.05) is 35.9 Å². The van der Waals surface area contributed by atoms with Gasteiger partial charge >= 0.3 is 5.97 Å². The van der Waals surface area contributed by atoms with Crippen LogP contribution in [0.25, 0.3) is 0 Å². The fourth-order valence-electron chi connectivity index (χ4n) is 2.63. The standard InChI is InChI=1S/C19H17ClN2O4/c1-12-14(20)6-4-8-15(12)21-16-7-3-2-5-13(16)11-19(25)26-22-17(23)9-10-18(22)24/h2-8,21H,9-11H2,1H3. The van der Waals surface area contributed by atoms with E-state index in [2.05, 4.69) is 5.32 Å². The predicted octanol–water partition coefficient (Wildman–Crippen LogP) is 3.54. The smallest absolute Gasteiger partial charge is 0.337 e. The van der Waals surface area contributed by atoms with Crippen molar-refractivity contribution < 1.29 is 19.2 Å². The third kappa shape index (κ3) is 3.86. The maximum atomic E-state index is 12.2. The molecule has 26 heavy (non-hydrogen) atoms. The van der Waals surface area contributed by atoms with E-state index in [1.165, 1.54) is 0 Å². The van der Waals surface area contributed by atoms with E-state index in [1.54, 1.807) is 18.2 Å². The molecule has 1 aliphatic rings. The van der Waals surface area contributed by atoms with Crippen molar-refractivity contribution in [1.82, 2.24) is 5.06 Å². The third-order valence-corrected chi connectivity index (χ3v) is 4.50. The number of carbonyl (C=O) groups excluding carboxylic acids is 3. The van der Waals surface area contributed by atoms with Gasteiger partial charge in [0.1, 0.15) is 0 Å². The molecule has 1 saturated heterocycles. The summed E-state index contributed by atoms with van der Waals surface area (Å²) in [5.41, 5.74) is 3.10. The number of rotatable bonds is 5. The zero-order chi connectivity index (χ0) is 18.7. The lowest BCUT2D eigenvalue weighted by Gasteiger charge is -2.16. The Bertz CT molecular complexity index is 866. The Hall–Kier alpha value is -2.86. The molecule has 2 aromatic rings. The second kappa shape index (κ2) is 7.58. The molecule has 0 spiro atoms. The van der Waals surface area contributed by atoms with E-state index in [0.29, 0.717) is 21.3 Å². The highest BCUT2D eigenvalue weighted by atomic mass is 35.5. The van der Waals surface area contributed by atoms with Crippen LogP contribution in [-0.4, -0.2) is 22.8 Å². The molecule has 0 atom stereocenters. The number of hydroxylamine groups is 2. The number of para-hydroxylation sites is 1. The molecule has 7 heteroatoms. The van der Waals surface area contributed by atoms with Gasteiger partial charge in [-0.05, 0) is 36.2 Å². The summed E-state index contributed by atoms with van der Waals surface area (Å²) in [6, 6.07) is 12.8. The van der Waals surface area contributed by atoms with Gasteiger partial charge in [0, 0.05) is 29.2 Å². The molecule has 1 N–H and O–H groups in total. The van der Waals surface area contributed by atoms with Crippen molar-refractivity contribution >= 4 is 40.8 Å². The Morgan fingerprint density at radius 1 is 1.08 bits per heavy atom. The molecule has 0 bridgehead atoms. The van der Waals surface area contributed by atoms with E-state index in [1.807, 2.05) is 31.2 Å². The summed E-state index contributed by atoms with van der Waals surface area (Å²) in [6.45, 7) is 1.89. The third-order valence-electron chi connectivity index (χ3n) is 4.09. The highest BCUT2D eigenvalue weighted by Crippen LogP contribution is 2.28. The second-order valence-electron chi connectivity index (χ2n) is 5.92. The number of hydrogen-bond acceptors (Lipinski definition) is 5. The number of anilines is 2. The molecule has 0 saturated carbocycles. The van der Waals surface area contributed by atoms with Gasteiger partial charge in [-0.15, -0.1) is 5.06 Å². The summed E-state index contributed by atoms with van der Waals surface area (Å²) in [5.74, 6) is -1.67. The lowest BCUT2D eigenvalue weighted by atomic mass is 10.1. The van der Waals surface area contributed by atoms with Crippen molar-refractivity contribution in [2.24, 2.45) is 0 Å². The molecule has 1 heterocycles. The Morgan fingerprint density at radius 2 is 1.73 bits per heavy atom. The van der Waals surface area contributed by atoms with Gasteiger partial charge in [-0.3, -0.25) is 9.59 Å². The van der Waals surface area contributed by atoms with Crippen LogP contribution in [0.3, 0.4) is 0 Å². The molecule has 0 unspecified atom stereocenters. The Morgan fingerprint density at radius 3 is 2.46 bits per heavy atom. The summed E-state index contributed by atoms with van der Waals surface area (Å²) < 4.78 is 0. The van der Waals surface area contributed by atoms with Crippen molar-refractivity contribution in [3.8, 4) is 0 Å². The van der Waals surface area contributed by atoms with Crippen molar-refractivity contribution in [3.05, 3.63) is 58.6 Å². The molecule has 0 radical (unpaired) electrons. The van der Waals surface area contributed by atoms with Crippen LogP contribution in [0.1, 0.15) is 24.0 Å². The molecule has 1 aliphatic heterocycles. The lowest BCUT2D eigenvalue weighted by molar-refractivity contribution is -0.197. The van der Waals surface area contributed by atoms with Gasteiger partial charge < -0.3 is 10.2 Å². The molecular formula is C19H17ClN2O4. The summed E-state index contributed by atoms with van der Waals surface area (Å²) in [6.07, 6.45) is 0.0520. The van der Waals surface area contributed by atoms with Crippen LogP contribution in [0.5, 0.6) is 0 Å². The fraction of sp³-hybridized carbons (Fsp3) is 0.211. The first-order chi connectivity index (χ1) is 12.5. The molecule has 1 fully saturated rings. The van der Waals surface area contributed by atoms with E-state index in [4.69, 9.17) is 16.4 Å². The predicted molar refractivity (Wildman–Crippen MR) is 96.8 cm³/mol. The summed E-state index contributed by atoms with van der Waals surface area (Å²) in [5, 5.41) is 4.45. The molecule has 0 aromatic heterocycles. The number of imide groups is 1. The molecule has 2 aromatic carbocycles. The first-order valence-electron chi connectivity index (χ1n) is 8.12. The monoisotopic (exact) mass is 372 g/mol. The van der Waals surface area contributed by atoms with Crippen molar-refractivity contribution in [2.45, 2.75) is 26.2 Å². The van der Waals surface area contributed by atoms with E-state index in [-0.39, 0.29) is 19.3 Å². The minimum atomic E-state index is -0.675. The topological polar surface area (TPSA) is 75.7 Å². The SMILES string of the molecule is Cc1c(Cl)cccc1Nc1ccccc1CC(=O)ON1C(=O)CCC1=O. The van der Waals surface area contributed by atoms with Gasteiger partial charge in [0.15, 0.2) is 0 Å². The number of nitrogens with zero attached hydrogens (tertiary/aromatic N) is 1. The largest absolute Gasteiger partial charge is 0.355 e. The molecule has 2 amide bonds. The van der Waals surface area contributed by atoms with Crippen molar-refractivity contribution in [2.75, 3.05) is 5.32 Å². The van der Waals surface area contributed by atoms with Crippen molar-refractivity contribution in [3.63, 3.8) is 0 Å². The van der Waals surface area contributed by atoms with Gasteiger partial charge in [-0.25, -0.2) is 4.79 Å². The normalized spacial score (nSPS) is 13.8. The molecule has 6 nitrogen and oxygen atoms in total. The zero-order valence-corrected chi connectivity index (χ0v) is 14.9. The number of halogens is 1. The second-order valence-corrected chi connectivity index (χ2v) is 6.32. The fourth-order valence-corrected chi connectivity index (χ4v) is 2.81. The first kappa shape index (κ1) is 17.9. The summed E-state index contributed by atoms with van der Waals surface area (Å²) >= 11 is 6.14. The Kier molecular flexibility index (Phi) is 5.23. The van der Waals surface area contributed by atoms with E-state index in [9.17, 15) is 14.4 Å². The average molecular weight is 373 g/mol. The highest BCUT2D eigenvalue weighted by molar-refractivity contribution is 6.31. The Balaban J connectivity index is 1.75. The van der Waals surface area contributed by atoms with Crippen LogP contribution in [0.4, 0.5) is 11.4 Å². The van der Waals surface area contributed by atoms with Crippen LogP contribution in [-0.2, 0) is 25.6 Å². The van der Waals surface area contributed by atoms with Gasteiger partial charge in [-0.2, -0.15) is 0 Å². The highest BCUT2D eigenvalue weighted by Gasteiger charge is 2.32. The maximum Gasteiger partial charge on any atom is 0.337 e. The molecule has 134 valence electrons. The van der Waals surface area contributed by atoms with Crippen LogP contribution in [0.15, 0.2) is 42.5 Å². The van der Waals surface area contributed by atoms with E-state index < -0.39 is 17.8 Å². The van der Waals surface area contributed by atoms with Gasteiger partial charge in [0.25, 0.3) is 11.8 Å². The van der Waals surface area contributed by atoms with Crippen molar-refractivity contribution in [1.29, 1.82) is 0 Å². The van der Waals surface area contributed by atoms with Crippen LogP contribution < -0.4 is 5.32 Å². The minimum Gasteiger partial charge on any atom is -0.355 e. The molecule has 3 rings (SSSR count). The number of nitrogens with one attached hydrogen (secondary N) is 1. The number of amides is 2. The van der Waals surface area contributed by atoms with Crippen LogP contribution in [0, 0.1) is 6.92 Å². The zero-order valence-electron chi connectivity index (χ0n) is 14.1. The number of carbonyl (C=O) groups is 3. The van der Waals surface area contributed by atoms with Gasteiger partial charge in [0.05, 0.1) is 6.42 Å². The number of hydrogen-bond donors (Lipinski definition) is 1. The maximum absolute atomic E-state index is 12.2. The van der Waals surface area contributed by atoms with Gasteiger partial charge in [0.2, 0.25) is 0 Å². The average Bonchev–Trinajstić information content (AvgIpc) is 2.92. The summed E-state index contributed by atoms with van der Waals surface area (Å²) in [7, 11) is 0. The minimum absolute atomic E-state index is 0.0678. The molecule has 0 aliphatic carbocycles. The quantitative estimate of drug-likeness (QED) is 0.812. The summed E-state index contributed by atoms with van der Waals surface area (Å²) in [4.78, 5) is 40.2. The Labute approximate surface area is 155 Å². The van der Waals surface area contributed by atoms with E-state index in [0.717, 1.165) is 11.3 Å². The van der Waals surface area contributed by atoms with Crippen LogP contribution in [0.2, 0.25) is 5.02 Å². The first-order valence-corrected chi connectivity index (χ1v) is 8.50. The van der Waals surface area contributed by atoms with Crippen LogP contribution >= 0.6 is 11.6 Å². The number of benzene rings is 2.